The average molecular weight is 349 g/mol. The van der Waals surface area contributed by atoms with Gasteiger partial charge >= 0.3 is 0 Å². The van der Waals surface area contributed by atoms with Crippen LogP contribution in [0, 0.1) is 0 Å². The Labute approximate surface area is 140 Å². The smallest absolute Gasteiger partial charge is 0.254 e. The number of rotatable bonds is 3. The molecule has 0 spiro atoms. The molecule has 0 N–H and O–H groups in total. The monoisotopic (exact) mass is 349 g/mol. The van der Waals surface area contributed by atoms with E-state index in [1.54, 1.807) is 36.5 Å². The molecule has 0 aliphatic carbocycles. The molecule has 9 heteroatoms. The number of hydrogen-bond donors (Lipinski definition) is 0. The Bertz CT molecular complexity index is 819. The number of hydrogen-bond acceptors (Lipinski definition) is 5. The Kier molecular flexibility index (Phi) is 4.63. The number of pyridine rings is 1. The van der Waals surface area contributed by atoms with Gasteiger partial charge in [-0.05, 0) is 18.6 Å². The number of aryl methyl sites for hydroxylation is 1. The van der Waals surface area contributed by atoms with Crippen molar-refractivity contribution >= 4 is 15.9 Å². The highest BCUT2D eigenvalue weighted by atomic mass is 32.2. The van der Waals surface area contributed by atoms with Crippen molar-refractivity contribution in [2.24, 2.45) is 7.05 Å². The van der Waals surface area contributed by atoms with Gasteiger partial charge in [-0.3, -0.25) is 14.5 Å². The molecule has 0 aromatic carbocycles. The molecular weight excluding hydrogens is 330 g/mol. The summed E-state index contributed by atoms with van der Waals surface area (Å²) in [5.74, 6) is -0.0991. The van der Waals surface area contributed by atoms with E-state index >= 15 is 0 Å². The predicted molar refractivity (Wildman–Crippen MR) is 86.7 cm³/mol. The van der Waals surface area contributed by atoms with E-state index in [4.69, 9.17) is 0 Å². The van der Waals surface area contributed by atoms with Gasteiger partial charge in [-0.25, -0.2) is 8.42 Å². The Balaban J connectivity index is 1.72. The maximum Gasteiger partial charge on any atom is 0.254 e. The van der Waals surface area contributed by atoms with Crippen LogP contribution in [-0.2, 0) is 17.1 Å². The molecule has 1 fully saturated rings. The zero-order valence-corrected chi connectivity index (χ0v) is 14.2. The van der Waals surface area contributed by atoms with Crippen molar-refractivity contribution < 1.29 is 13.2 Å². The third-order valence-electron chi connectivity index (χ3n) is 3.99. The van der Waals surface area contributed by atoms with E-state index in [0.29, 0.717) is 31.6 Å². The zero-order chi connectivity index (χ0) is 17.2. The molecule has 2 aromatic heterocycles. The number of nitrogens with zero attached hydrogens (tertiary/aromatic N) is 5. The largest absolute Gasteiger partial charge is 0.337 e. The quantitative estimate of drug-likeness (QED) is 0.798. The number of carbonyl (C=O) groups is 1. The highest BCUT2D eigenvalue weighted by molar-refractivity contribution is 7.89. The fraction of sp³-hybridized carbons (Fsp3) is 0.400. The summed E-state index contributed by atoms with van der Waals surface area (Å²) < 4.78 is 28.2. The van der Waals surface area contributed by atoms with Crippen LogP contribution in [0.25, 0.3) is 0 Å². The van der Waals surface area contributed by atoms with Gasteiger partial charge in [0.1, 0.15) is 4.90 Å². The topological polar surface area (TPSA) is 88.4 Å². The van der Waals surface area contributed by atoms with Gasteiger partial charge in [-0.1, -0.05) is 0 Å². The van der Waals surface area contributed by atoms with Gasteiger partial charge in [-0.15, -0.1) is 0 Å². The third kappa shape index (κ3) is 3.31. The first-order valence-corrected chi connectivity index (χ1v) is 9.10. The number of sulfonamides is 1. The zero-order valence-electron chi connectivity index (χ0n) is 13.4. The van der Waals surface area contributed by atoms with Gasteiger partial charge in [0.15, 0.2) is 0 Å². The average Bonchev–Trinajstić information content (AvgIpc) is 2.88. The van der Waals surface area contributed by atoms with Crippen molar-refractivity contribution in [2.75, 3.05) is 26.2 Å². The molecule has 0 saturated carbocycles. The molecule has 0 bridgehead atoms. The molecule has 24 heavy (non-hydrogen) atoms. The van der Waals surface area contributed by atoms with Crippen molar-refractivity contribution in [3.05, 3.63) is 42.5 Å². The fourth-order valence-electron chi connectivity index (χ4n) is 2.70. The molecule has 1 aliphatic rings. The summed E-state index contributed by atoms with van der Waals surface area (Å²) in [6, 6.07) is 3.33. The molecular formula is C15H19N5O3S. The van der Waals surface area contributed by atoms with Gasteiger partial charge < -0.3 is 4.90 Å². The lowest BCUT2D eigenvalue weighted by Gasteiger charge is -2.21. The Morgan fingerprint density at radius 1 is 1.12 bits per heavy atom. The molecule has 128 valence electrons. The van der Waals surface area contributed by atoms with E-state index < -0.39 is 10.0 Å². The van der Waals surface area contributed by atoms with E-state index in [-0.39, 0.29) is 17.3 Å². The summed E-state index contributed by atoms with van der Waals surface area (Å²) in [4.78, 5) is 18.3. The van der Waals surface area contributed by atoms with Crippen LogP contribution in [-0.4, -0.2) is 64.5 Å². The number of amides is 1. The summed E-state index contributed by atoms with van der Waals surface area (Å²) >= 11 is 0. The van der Waals surface area contributed by atoms with Gasteiger partial charge in [0.2, 0.25) is 10.0 Å². The Morgan fingerprint density at radius 2 is 1.88 bits per heavy atom. The molecule has 3 rings (SSSR count). The lowest BCUT2D eigenvalue weighted by atomic mass is 10.2. The molecule has 8 nitrogen and oxygen atoms in total. The van der Waals surface area contributed by atoms with E-state index in [0.717, 1.165) is 0 Å². The summed E-state index contributed by atoms with van der Waals surface area (Å²) in [7, 11) is -1.90. The summed E-state index contributed by atoms with van der Waals surface area (Å²) in [5.41, 5.74) is 0.563. The third-order valence-corrected chi connectivity index (χ3v) is 5.84. The second-order valence-corrected chi connectivity index (χ2v) is 7.57. The second kappa shape index (κ2) is 6.70. The molecule has 3 heterocycles. The van der Waals surface area contributed by atoms with Gasteiger partial charge in [0.25, 0.3) is 5.91 Å². The van der Waals surface area contributed by atoms with Crippen molar-refractivity contribution in [3.63, 3.8) is 0 Å². The van der Waals surface area contributed by atoms with Crippen LogP contribution in [0.5, 0.6) is 0 Å². The van der Waals surface area contributed by atoms with E-state index in [1.165, 1.54) is 21.4 Å². The van der Waals surface area contributed by atoms with E-state index in [2.05, 4.69) is 10.1 Å². The standard InChI is InChI=1S/C15H19N5O3S/c1-18-12-14(11-17-18)24(22,23)20-8-2-7-19(9-10-20)15(21)13-3-5-16-6-4-13/h3-6,11-12H,2,7-10H2,1H3. The Hall–Kier alpha value is -2.26. The van der Waals surface area contributed by atoms with Crippen LogP contribution < -0.4 is 0 Å². The maximum absolute atomic E-state index is 12.7. The van der Waals surface area contributed by atoms with Crippen molar-refractivity contribution in [1.82, 2.24) is 24.0 Å². The van der Waals surface area contributed by atoms with Crippen LogP contribution in [0.2, 0.25) is 0 Å². The molecule has 0 unspecified atom stereocenters. The fourth-order valence-corrected chi connectivity index (χ4v) is 4.15. The van der Waals surface area contributed by atoms with Crippen LogP contribution in [0.3, 0.4) is 0 Å². The minimum atomic E-state index is -3.58. The maximum atomic E-state index is 12.7. The molecule has 0 atom stereocenters. The second-order valence-electron chi connectivity index (χ2n) is 5.64. The van der Waals surface area contributed by atoms with Crippen molar-refractivity contribution in [2.45, 2.75) is 11.3 Å². The summed E-state index contributed by atoms with van der Waals surface area (Å²) in [6.45, 7) is 1.55. The molecule has 1 aliphatic heterocycles. The number of carbonyl (C=O) groups excluding carboxylic acids is 1. The normalized spacial score (nSPS) is 16.8. The van der Waals surface area contributed by atoms with Gasteiger partial charge in [0.05, 0.1) is 6.20 Å². The van der Waals surface area contributed by atoms with Gasteiger partial charge in [0, 0.05) is 57.4 Å². The van der Waals surface area contributed by atoms with E-state index in [1.807, 2.05) is 0 Å². The minimum Gasteiger partial charge on any atom is -0.337 e. The molecule has 0 radical (unpaired) electrons. The minimum absolute atomic E-state index is 0.0991. The lowest BCUT2D eigenvalue weighted by Crippen LogP contribution is -2.37. The van der Waals surface area contributed by atoms with E-state index in [9.17, 15) is 13.2 Å². The van der Waals surface area contributed by atoms with Crippen LogP contribution in [0.1, 0.15) is 16.8 Å². The van der Waals surface area contributed by atoms with Gasteiger partial charge in [-0.2, -0.15) is 9.40 Å². The van der Waals surface area contributed by atoms with Crippen LogP contribution >= 0.6 is 0 Å². The number of aromatic nitrogens is 3. The first-order chi connectivity index (χ1) is 11.5. The predicted octanol–water partition coefficient (Wildman–Crippen LogP) is 0.352. The molecule has 1 saturated heterocycles. The highest BCUT2D eigenvalue weighted by Crippen LogP contribution is 2.17. The molecule has 1 amide bonds. The van der Waals surface area contributed by atoms with Crippen molar-refractivity contribution in [3.8, 4) is 0 Å². The first kappa shape index (κ1) is 16.6. The van der Waals surface area contributed by atoms with Crippen LogP contribution in [0.15, 0.2) is 41.8 Å². The van der Waals surface area contributed by atoms with Crippen molar-refractivity contribution in [1.29, 1.82) is 0 Å². The highest BCUT2D eigenvalue weighted by Gasteiger charge is 2.29. The Morgan fingerprint density at radius 3 is 2.54 bits per heavy atom. The first-order valence-electron chi connectivity index (χ1n) is 7.66. The lowest BCUT2D eigenvalue weighted by molar-refractivity contribution is 0.0764. The molecule has 2 aromatic rings. The summed E-state index contributed by atoms with van der Waals surface area (Å²) in [6.07, 6.45) is 6.57. The van der Waals surface area contributed by atoms with Crippen LogP contribution in [0.4, 0.5) is 0 Å². The SMILES string of the molecule is Cn1cc(S(=O)(=O)N2CCCN(C(=O)c3ccncc3)CC2)cn1. The summed E-state index contributed by atoms with van der Waals surface area (Å²) in [5, 5.41) is 3.92.